The lowest BCUT2D eigenvalue weighted by Crippen LogP contribution is -2.06. The number of hydrogen-bond donors (Lipinski definition) is 0. The molecular weight excluding hydrogens is 389 g/mol. The number of fused-ring (bicyclic) bond motifs is 1. The second-order valence-corrected chi connectivity index (χ2v) is 5.86. The molecule has 3 rings (SSSR count). The molecule has 124 valence electrons. The molecule has 3 nitrogen and oxygen atoms in total. The number of ether oxygens (including phenoxy) is 2. The number of carbonyl (C=O) groups is 1. The van der Waals surface area contributed by atoms with Gasteiger partial charge in [0, 0.05) is 10.0 Å². The van der Waals surface area contributed by atoms with Gasteiger partial charge < -0.3 is 9.47 Å². The summed E-state index contributed by atoms with van der Waals surface area (Å²) >= 11 is 3.35. The van der Waals surface area contributed by atoms with Crippen LogP contribution < -0.4 is 9.47 Å². The van der Waals surface area contributed by atoms with Crippen molar-refractivity contribution >= 4 is 27.8 Å². The minimum atomic E-state index is -4.49. The molecule has 0 N–H and O–H groups in total. The van der Waals surface area contributed by atoms with Gasteiger partial charge in [0.25, 0.3) is 0 Å². The van der Waals surface area contributed by atoms with Gasteiger partial charge in [0.05, 0.1) is 5.56 Å². The number of allylic oxidation sites excluding steroid dienone is 1. The summed E-state index contributed by atoms with van der Waals surface area (Å²) in [6.07, 6.45) is -1.76. The minimum Gasteiger partial charge on any atom is -0.454 e. The number of benzene rings is 2. The second kappa shape index (κ2) is 6.32. The maximum absolute atomic E-state index is 12.7. The van der Waals surface area contributed by atoms with Crippen LogP contribution in [-0.4, -0.2) is 12.6 Å². The van der Waals surface area contributed by atoms with E-state index in [1.807, 2.05) is 0 Å². The molecule has 0 saturated heterocycles. The Kier molecular flexibility index (Phi) is 4.36. The second-order valence-electron chi connectivity index (χ2n) is 5.00. The highest BCUT2D eigenvalue weighted by Gasteiger charge is 2.30. The van der Waals surface area contributed by atoms with Crippen molar-refractivity contribution < 1.29 is 27.4 Å². The molecule has 7 heteroatoms. The summed E-state index contributed by atoms with van der Waals surface area (Å²) in [6, 6.07) is 7.70. The van der Waals surface area contributed by atoms with Gasteiger partial charge >= 0.3 is 6.18 Å². The van der Waals surface area contributed by atoms with Gasteiger partial charge in [-0.3, -0.25) is 4.79 Å². The van der Waals surface area contributed by atoms with Gasteiger partial charge in [-0.25, -0.2) is 0 Å². The van der Waals surface area contributed by atoms with Crippen LogP contribution in [-0.2, 0) is 6.18 Å². The van der Waals surface area contributed by atoms with E-state index in [4.69, 9.17) is 9.47 Å². The summed E-state index contributed by atoms with van der Waals surface area (Å²) in [5.74, 6) is 0.610. The van der Waals surface area contributed by atoms with Crippen molar-refractivity contribution in [3.8, 4) is 11.5 Å². The van der Waals surface area contributed by atoms with Crippen LogP contribution in [0.2, 0.25) is 0 Å². The Bertz CT molecular complexity index is 828. The highest BCUT2D eigenvalue weighted by Crippen LogP contribution is 2.37. The summed E-state index contributed by atoms with van der Waals surface area (Å²) < 4.78 is 49.3. The predicted molar refractivity (Wildman–Crippen MR) is 85.1 cm³/mol. The summed E-state index contributed by atoms with van der Waals surface area (Å²) in [6.45, 7) is 0.123. The van der Waals surface area contributed by atoms with Crippen molar-refractivity contribution in [2.45, 2.75) is 6.18 Å². The molecule has 0 bridgehead atoms. The van der Waals surface area contributed by atoms with Gasteiger partial charge in [0.15, 0.2) is 17.3 Å². The first-order chi connectivity index (χ1) is 11.3. The van der Waals surface area contributed by atoms with Crippen molar-refractivity contribution in [3.05, 3.63) is 63.6 Å². The zero-order chi connectivity index (χ0) is 17.3. The number of halogens is 4. The molecule has 2 aromatic rings. The molecule has 24 heavy (non-hydrogen) atoms. The zero-order valence-electron chi connectivity index (χ0n) is 12.1. The predicted octanol–water partition coefficient (Wildman–Crippen LogP) is 5.09. The van der Waals surface area contributed by atoms with E-state index < -0.39 is 17.5 Å². The normalized spacial score (nSPS) is 13.5. The van der Waals surface area contributed by atoms with Crippen molar-refractivity contribution in [2.24, 2.45) is 0 Å². The van der Waals surface area contributed by atoms with E-state index in [0.29, 0.717) is 21.5 Å². The monoisotopic (exact) mass is 398 g/mol. The number of hydrogen-bond acceptors (Lipinski definition) is 3. The van der Waals surface area contributed by atoms with Crippen LogP contribution in [0.25, 0.3) is 6.08 Å². The average Bonchev–Trinajstić information content (AvgIpc) is 2.98. The van der Waals surface area contributed by atoms with E-state index in [9.17, 15) is 18.0 Å². The lowest BCUT2D eigenvalue weighted by atomic mass is 10.1. The van der Waals surface area contributed by atoms with Crippen LogP contribution in [0, 0.1) is 0 Å². The highest BCUT2D eigenvalue weighted by molar-refractivity contribution is 9.10. The average molecular weight is 399 g/mol. The molecule has 0 amide bonds. The lowest BCUT2D eigenvalue weighted by Gasteiger charge is -2.07. The Balaban J connectivity index is 1.84. The minimum absolute atomic E-state index is 0.0297. The molecule has 0 unspecified atom stereocenters. The van der Waals surface area contributed by atoms with Gasteiger partial charge in [-0.1, -0.05) is 28.1 Å². The third kappa shape index (κ3) is 3.46. The first-order valence-corrected chi connectivity index (χ1v) is 7.63. The van der Waals surface area contributed by atoms with Gasteiger partial charge in [-0.15, -0.1) is 0 Å². The summed E-state index contributed by atoms with van der Waals surface area (Å²) in [5, 5.41) is 0. The Morgan fingerprint density at radius 3 is 2.54 bits per heavy atom. The van der Waals surface area contributed by atoms with Gasteiger partial charge in [0.1, 0.15) is 0 Å². The van der Waals surface area contributed by atoms with E-state index in [2.05, 4.69) is 15.9 Å². The topological polar surface area (TPSA) is 35.5 Å². The molecular formula is C17H10BrF3O3. The van der Waals surface area contributed by atoms with Crippen LogP contribution >= 0.6 is 15.9 Å². The van der Waals surface area contributed by atoms with Crippen LogP contribution in [0.5, 0.6) is 11.5 Å². The van der Waals surface area contributed by atoms with Crippen LogP contribution in [0.15, 0.2) is 46.9 Å². The van der Waals surface area contributed by atoms with E-state index >= 15 is 0 Å². The molecule has 0 aromatic heterocycles. The number of carbonyl (C=O) groups excluding carboxylic acids is 1. The van der Waals surface area contributed by atoms with E-state index in [-0.39, 0.29) is 12.4 Å². The molecule has 1 aliphatic rings. The fourth-order valence-electron chi connectivity index (χ4n) is 2.17. The third-order valence-corrected chi connectivity index (χ3v) is 4.07. The van der Waals surface area contributed by atoms with Crippen LogP contribution in [0.1, 0.15) is 21.5 Å². The van der Waals surface area contributed by atoms with E-state index in [1.54, 1.807) is 12.1 Å². The molecule has 0 saturated carbocycles. The fraction of sp³-hybridized carbons (Fsp3) is 0.118. The maximum Gasteiger partial charge on any atom is 0.416 e. The molecule has 1 aliphatic heterocycles. The quantitative estimate of drug-likeness (QED) is 0.533. The maximum atomic E-state index is 12.7. The van der Waals surface area contributed by atoms with E-state index in [0.717, 1.165) is 12.1 Å². The zero-order valence-corrected chi connectivity index (χ0v) is 13.6. The Morgan fingerprint density at radius 1 is 1.12 bits per heavy atom. The molecule has 2 aromatic carbocycles. The van der Waals surface area contributed by atoms with Crippen LogP contribution in [0.4, 0.5) is 13.2 Å². The fourth-order valence-corrected chi connectivity index (χ4v) is 2.63. The Labute approximate surface area is 143 Å². The largest absolute Gasteiger partial charge is 0.454 e. The van der Waals surface area contributed by atoms with Crippen molar-refractivity contribution in [2.75, 3.05) is 6.79 Å². The smallest absolute Gasteiger partial charge is 0.416 e. The Morgan fingerprint density at radius 2 is 1.83 bits per heavy atom. The standard InChI is InChI=1S/C17H10BrF3O3/c18-13-8-16-15(23-9-24-16)7-10(13)4-5-14(22)11-2-1-3-12(6-11)17(19,20)21/h1-8H,9H2/b5-4+. The van der Waals surface area contributed by atoms with Gasteiger partial charge in [0.2, 0.25) is 6.79 Å². The lowest BCUT2D eigenvalue weighted by molar-refractivity contribution is -0.137. The molecule has 0 fully saturated rings. The third-order valence-electron chi connectivity index (χ3n) is 3.38. The van der Waals surface area contributed by atoms with Gasteiger partial charge in [-0.05, 0) is 42.0 Å². The summed E-state index contributed by atoms with van der Waals surface area (Å²) in [7, 11) is 0. The number of alkyl halides is 3. The molecule has 1 heterocycles. The molecule has 0 spiro atoms. The first kappa shape index (κ1) is 16.6. The molecule has 0 radical (unpaired) electrons. The first-order valence-electron chi connectivity index (χ1n) is 6.83. The van der Waals surface area contributed by atoms with E-state index in [1.165, 1.54) is 24.3 Å². The summed E-state index contributed by atoms with van der Waals surface area (Å²) in [5.41, 5.74) is -0.233. The SMILES string of the molecule is O=C(/C=C/c1cc2c(cc1Br)OCO2)c1cccc(C(F)(F)F)c1. The molecule has 0 aliphatic carbocycles. The van der Waals surface area contributed by atoms with Crippen molar-refractivity contribution in [3.63, 3.8) is 0 Å². The van der Waals surface area contributed by atoms with Crippen molar-refractivity contribution in [1.82, 2.24) is 0 Å². The van der Waals surface area contributed by atoms with Gasteiger partial charge in [-0.2, -0.15) is 13.2 Å². The number of ketones is 1. The summed E-state index contributed by atoms with van der Waals surface area (Å²) in [4.78, 5) is 12.1. The van der Waals surface area contributed by atoms with Crippen LogP contribution in [0.3, 0.4) is 0 Å². The molecule has 0 atom stereocenters. The Hall–Kier alpha value is -2.28. The highest BCUT2D eigenvalue weighted by atomic mass is 79.9. The number of rotatable bonds is 3. The van der Waals surface area contributed by atoms with Crippen molar-refractivity contribution in [1.29, 1.82) is 0 Å².